The molecule has 0 bridgehead atoms. The molecule has 4 radical (unpaired) electrons. The molecule has 0 saturated heterocycles. The molecule has 0 amide bonds. The Hall–Kier alpha value is -0.221. The van der Waals surface area contributed by atoms with Gasteiger partial charge in [0.15, 0.2) is 11.4 Å². The Morgan fingerprint density at radius 3 is 2.00 bits per heavy atom. The number of rotatable bonds is 2. The van der Waals surface area contributed by atoms with Gasteiger partial charge in [-0.1, -0.05) is 12.1 Å². The Balaban J connectivity index is 0.00000144. The summed E-state index contributed by atoms with van der Waals surface area (Å²) in [5.41, 5.74) is 1.19. The zero-order valence-corrected chi connectivity index (χ0v) is 11.5. The van der Waals surface area contributed by atoms with Crippen LogP contribution in [0.15, 0.2) is 24.3 Å². The molecule has 0 aliphatic rings. The number of ether oxygens (including phenoxy) is 1. The Morgan fingerprint density at radius 2 is 1.62 bits per heavy atom. The van der Waals surface area contributed by atoms with Crippen molar-refractivity contribution in [1.29, 1.82) is 0 Å². The van der Waals surface area contributed by atoms with Gasteiger partial charge in [0.25, 0.3) is 0 Å². The second-order valence-electron chi connectivity index (χ2n) is 3.68. The van der Waals surface area contributed by atoms with E-state index in [1.807, 2.05) is 18.2 Å². The fourth-order valence-electron chi connectivity index (χ4n) is 1.18. The van der Waals surface area contributed by atoms with Gasteiger partial charge in [0.2, 0.25) is 0 Å². The van der Waals surface area contributed by atoms with Crippen LogP contribution >= 0.6 is 0 Å². The average molecular weight is 285 g/mol. The van der Waals surface area contributed by atoms with Crippen LogP contribution in [0.25, 0.3) is 0 Å². The van der Waals surface area contributed by atoms with Crippen molar-refractivity contribution in [1.82, 2.24) is 4.48 Å². The monoisotopic (exact) mass is 286 g/mol. The van der Waals surface area contributed by atoms with Gasteiger partial charge in [0.1, 0.15) is 0 Å². The fraction of sp³-hybridized carbons (Fsp3) is 0.400. The van der Waals surface area contributed by atoms with Gasteiger partial charge >= 0.3 is 0 Å². The molecule has 1 aromatic carbocycles. The predicted octanol–water partition coefficient (Wildman–Crippen LogP) is 1.51. The van der Waals surface area contributed by atoms with E-state index in [-0.39, 0.29) is 23.9 Å². The Labute approximate surface area is 97.1 Å². The summed E-state index contributed by atoms with van der Waals surface area (Å²) in [6, 6.07) is 8.08. The summed E-state index contributed by atoms with van der Waals surface area (Å²) in [5.74, 6) is 0.949. The van der Waals surface area contributed by atoms with Crippen molar-refractivity contribution in [2.45, 2.75) is 0 Å². The molecule has 13 heavy (non-hydrogen) atoms. The number of nitrogens with zero attached hydrogens (tertiary/aromatic N) is 1. The standard InChI is InChI=1S/C10H16NO.Sn/c1-11(2,3)9-7-5-6-8-10(9)12-4;/h5-8H,1-4H3;/q+1;. The van der Waals surface area contributed by atoms with Crippen molar-refractivity contribution in [2.24, 2.45) is 0 Å². The fourth-order valence-corrected chi connectivity index (χ4v) is 1.18. The predicted molar refractivity (Wildman–Crippen MR) is 58.3 cm³/mol. The number of methoxy groups -OCH3 is 1. The molecule has 70 valence electrons. The van der Waals surface area contributed by atoms with E-state index < -0.39 is 0 Å². The molecule has 0 aliphatic heterocycles. The molecule has 0 heterocycles. The zero-order chi connectivity index (χ0) is 9.19. The largest absolute Gasteiger partial charge is 0.491 e. The van der Waals surface area contributed by atoms with E-state index in [1.54, 1.807) is 7.11 Å². The second kappa shape index (κ2) is 4.86. The SMILES string of the molecule is COc1ccccc1[N+](C)(C)C.[Sn]. The molecule has 0 unspecified atom stereocenters. The van der Waals surface area contributed by atoms with Crippen molar-refractivity contribution < 1.29 is 4.74 Å². The molecule has 1 aromatic rings. The van der Waals surface area contributed by atoms with Crippen LogP contribution in [0.2, 0.25) is 0 Å². The van der Waals surface area contributed by atoms with Gasteiger partial charge in [0, 0.05) is 30.0 Å². The molecule has 1 rings (SSSR count). The van der Waals surface area contributed by atoms with E-state index in [1.165, 1.54) is 5.69 Å². The van der Waals surface area contributed by atoms with Crippen molar-refractivity contribution in [3.63, 3.8) is 0 Å². The third-order valence-corrected chi connectivity index (χ3v) is 1.81. The molecule has 3 heteroatoms. The number of benzene rings is 1. The molecule has 0 fully saturated rings. The van der Waals surface area contributed by atoms with Crippen LogP contribution in [0, 0.1) is 0 Å². The van der Waals surface area contributed by atoms with Crippen molar-refractivity contribution in [3.8, 4) is 5.75 Å². The molecule has 2 nitrogen and oxygen atoms in total. The zero-order valence-electron chi connectivity index (χ0n) is 8.66. The van der Waals surface area contributed by atoms with E-state index >= 15 is 0 Å². The van der Waals surface area contributed by atoms with Crippen LogP contribution in [0.3, 0.4) is 0 Å². The first-order chi connectivity index (χ1) is 5.55. The minimum Gasteiger partial charge on any atom is -0.491 e. The summed E-state index contributed by atoms with van der Waals surface area (Å²) >= 11 is 0. The molecular weight excluding hydrogens is 269 g/mol. The summed E-state index contributed by atoms with van der Waals surface area (Å²) in [6.45, 7) is 0. The molecule has 0 spiro atoms. The topological polar surface area (TPSA) is 9.23 Å². The minimum absolute atomic E-state index is 0. The van der Waals surface area contributed by atoms with Crippen LogP contribution in [0.4, 0.5) is 5.69 Å². The van der Waals surface area contributed by atoms with E-state index in [0.29, 0.717) is 0 Å². The molecule has 0 aromatic heterocycles. The molecular formula is C10H16NOSn+. The van der Waals surface area contributed by atoms with E-state index in [4.69, 9.17) is 4.74 Å². The third-order valence-electron chi connectivity index (χ3n) is 1.81. The first-order valence-electron chi connectivity index (χ1n) is 4.00. The summed E-state index contributed by atoms with van der Waals surface area (Å²) in [4.78, 5) is 0. The summed E-state index contributed by atoms with van der Waals surface area (Å²) in [7, 11) is 8.07. The Kier molecular flexibility index (Phi) is 4.78. The van der Waals surface area contributed by atoms with E-state index in [9.17, 15) is 0 Å². The smallest absolute Gasteiger partial charge is 0.179 e. The van der Waals surface area contributed by atoms with Crippen LogP contribution in [0.1, 0.15) is 0 Å². The maximum Gasteiger partial charge on any atom is 0.179 e. The van der Waals surface area contributed by atoms with Crippen LogP contribution in [-0.2, 0) is 0 Å². The number of quaternary nitrogens is 1. The summed E-state index contributed by atoms with van der Waals surface area (Å²) in [6.07, 6.45) is 0. The van der Waals surface area contributed by atoms with Crippen LogP contribution in [0.5, 0.6) is 5.75 Å². The Bertz CT molecular complexity index is 268. The molecule has 0 aliphatic carbocycles. The van der Waals surface area contributed by atoms with E-state index in [2.05, 4.69) is 27.2 Å². The second-order valence-corrected chi connectivity index (χ2v) is 3.68. The number of para-hydroxylation sites is 2. The first kappa shape index (κ1) is 12.8. The van der Waals surface area contributed by atoms with Gasteiger partial charge in [0.05, 0.1) is 28.3 Å². The summed E-state index contributed by atoms with van der Waals surface area (Å²) in [5, 5.41) is 0. The Morgan fingerprint density at radius 1 is 1.08 bits per heavy atom. The first-order valence-corrected chi connectivity index (χ1v) is 4.00. The number of hydrogen-bond acceptors (Lipinski definition) is 1. The van der Waals surface area contributed by atoms with Gasteiger partial charge < -0.3 is 4.74 Å². The molecule has 0 atom stereocenters. The maximum atomic E-state index is 5.26. The molecule has 0 N–H and O–H groups in total. The van der Waals surface area contributed by atoms with Crippen molar-refractivity contribution >= 4 is 29.6 Å². The van der Waals surface area contributed by atoms with Crippen LogP contribution < -0.4 is 9.22 Å². The van der Waals surface area contributed by atoms with Crippen molar-refractivity contribution in [2.75, 3.05) is 28.3 Å². The average Bonchev–Trinajstić information content (AvgIpc) is 2.03. The van der Waals surface area contributed by atoms with Gasteiger partial charge in [-0.2, -0.15) is 0 Å². The van der Waals surface area contributed by atoms with Gasteiger partial charge in [-0.3, -0.25) is 4.48 Å². The maximum absolute atomic E-state index is 5.26. The molecule has 0 saturated carbocycles. The van der Waals surface area contributed by atoms with Crippen LogP contribution in [-0.4, -0.2) is 52.2 Å². The normalized spacial score (nSPS) is 10.5. The quantitative estimate of drug-likeness (QED) is 0.591. The summed E-state index contributed by atoms with van der Waals surface area (Å²) < 4.78 is 6.04. The van der Waals surface area contributed by atoms with E-state index in [0.717, 1.165) is 10.2 Å². The van der Waals surface area contributed by atoms with Gasteiger partial charge in [-0.05, 0) is 6.07 Å². The minimum atomic E-state index is 0. The third kappa shape index (κ3) is 3.19. The number of hydrogen-bond donors (Lipinski definition) is 0. The van der Waals surface area contributed by atoms with Gasteiger partial charge in [-0.25, -0.2) is 0 Å². The van der Waals surface area contributed by atoms with Gasteiger partial charge in [-0.15, -0.1) is 0 Å². The van der Waals surface area contributed by atoms with Crippen molar-refractivity contribution in [3.05, 3.63) is 24.3 Å².